The van der Waals surface area contributed by atoms with Crippen molar-refractivity contribution in [2.75, 3.05) is 26.2 Å². The highest BCUT2D eigenvalue weighted by atomic mass is 16.3. The fraction of sp³-hybridized carbons (Fsp3) is 0.571. The molecule has 0 fully saturated rings. The Hall–Kier alpha value is -0.900. The third-order valence-electron chi connectivity index (χ3n) is 2.84. The minimum atomic E-state index is 0.226. The summed E-state index contributed by atoms with van der Waals surface area (Å²) in [6.45, 7) is 3.71. The number of hydrogen-bond acceptors (Lipinski definition) is 3. The van der Waals surface area contributed by atoms with E-state index in [9.17, 15) is 0 Å². The molecule has 0 saturated carbocycles. The number of aliphatic hydroxyl groups excluding tert-OH is 1. The summed E-state index contributed by atoms with van der Waals surface area (Å²) in [5.41, 5.74) is 6.78. The topological polar surface area (TPSA) is 49.5 Å². The van der Waals surface area contributed by atoms with Crippen molar-refractivity contribution in [3.05, 3.63) is 35.9 Å². The lowest BCUT2D eigenvalue weighted by Crippen LogP contribution is -2.27. The van der Waals surface area contributed by atoms with Gasteiger partial charge >= 0.3 is 0 Å². The molecular weight excluding hydrogens is 212 g/mol. The standard InChI is InChI=1S/C14H24N2O/c15-9-5-2-6-10-16(11-12-17)13-14-7-3-1-4-8-14/h1,3-4,7-8,17H,2,5-6,9-13,15H2. The van der Waals surface area contributed by atoms with E-state index in [2.05, 4.69) is 29.2 Å². The minimum absolute atomic E-state index is 0.226. The molecule has 0 atom stereocenters. The zero-order valence-corrected chi connectivity index (χ0v) is 10.5. The third-order valence-corrected chi connectivity index (χ3v) is 2.84. The molecule has 0 bridgehead atoms. The molecule has 1 aromatic carbocycles. The summed E-state index contributed by atoms with van der Waals surface area (Å²) in [6, 6.07) is 10.4. The van der Waals surface area contributed by atoms with Crippen LogP contribution in [-0.2, 0) is 6.54 Å². The number of hydrogen-bond donors (Lipinski definition) is 2. The Balaban J connectivity index is 2.32. The summed E-state index contributed by atoms with van der Waals surface area (Å²) >= 11 is 0. The van der Waals surface area contributed by atoms with E-state index >= 15 is 0 Å². The summed E-state index contributed by atoms with van der Waals surface area (Å²) in [6.07, 6.45) is 3.43. The molecule has 17 heavy (non-hydrogen) atoms. The lowest BCUT2D eigenvalue weighted by Gasteiger charge is -2.21. The molecule has 0 aliphatic heterocycles. The van der Waals surface area contributed by atoms with Gasteiger partial charge in [-0.05, 0) is 31.5 Å². The smallest absolute Gasteiger partial charge is 0.0558 e. The van der Waals surface area contributed by atoms with Crippen LogP contribution in [-0.4, -0.2) is 36.2 Å². The highest BCUT2D eigenvalue weighted by Crippen LogP contribution is 2.06. The van der Waals surface area contributed by atoms with Crippen LogP contribution < -0.4 is 5.73 Å². The van der Waals surface area contributed by atoms with Crippen molar-refractivity contribution in [1.29, 1.82) is 0 Å². The zero-order valence-electron chi connectivity index (χ0n) is 10.5. The monoisotopic (exact) mass is 236 g/mol. The number of rotatable bonds is 9. The molecule has 3 nitrogen and oxygen atoms in total. The lowest BCUT2D eigenvalue weighted by atomic mass is 10.2. The van der Waals surface area contributed by atoms with E-state index in [0.29, 0.717) is 0 Å². The van der Waals surface area contributed by atoms with Crippen LogP contribution in [0.5, 0.6) is 0 Å². The molecule has 3 heteroatoms. The van der Waals surface area contributed by atoms with Crippen LogP contribution in [0.25, 0.3) is 0 Å². The molecule has 0 amide bonds. The van der Waals surface area contributed by atoms with Gasteiger partial charge in [-0.15, -0.1) is 0 Å². The van der Waals surface area contributed by atoms with Gasteiger partial charge in [-0.2, -0.15) is 0 Å². The first-order valence-electron chi connectivity index (χ1n) is 6.44. The van der Waals surface area contributed by atoms with Crippen molar-refractivity contribution in [3.63, 3.8) is 0 Å². The Morgan fingerprint density at radius 2 is 1.76 bits per heavy atom. The van der Waals surface area contributed by atoms with E-state index in [1.165, 1.54) is 12.0 Å². The van der Waals surface area contributed by atoms with E-state index in [4.69, 9.17) is 10.8 Å². The summed E-state index contributed by atoms with van der Waals surface area (Å²) < 4.78 is 0. The van der Waals surface area contributed by atoms with E-state index in [1.807, 2.05) is 6.07 Å². The maximum Gasteiger partial charge on any atom is 0.0558 e. The van der Waals surface area contributed by atoms with Gasteiger partial charge in [-0.25, -0.2) is 0 Å². The Bertz CT molecular complexity index is 277. The van der Waals surface area contributed by atoms with Crippen molar-refractivity contribution < 1.29 is 5.11 Å². The van der Waals surface area contributed by atoms with E-state index < -0.39 is 0 Å². The maximum absolute atomic E-state index is 9.06. The van der Waals surface area contributed by atoms with Crippen LogP contribution in [0.4, 0.5) is 0 Å². The van der Waals surface area contributed by atoms with Crippen LogP contribution >= 0.6 is 0 Å². The number of nitrogens with zero attached hydrogens (tertiary/aromatic N) is 1. The van der Waals surface area contributed by atoms with Crippen molar-refractivity contribution in [3.8, 4) is 0 Å². The predicted octanol–water partition coefficient (Wildman–Crippen LogP) is 1.61. The molecule has 0 aliphatic carbocycles. The van der Waals surface area contributed by atoms with Gasteiger partial charge in [-0.1, -0.05) is 36.8 Å². The van der Waals surface area contributed by atoms with E-state index in [0.717, 1.165) is 39.0 Å². The predicted molar refractivity (Wildman–Crippen MR) is 71.7 cm³/mol. The van der Waals surface area contributed by atoms with Gasteiger partial charge in [-0.3, -0.25) is 4.90 Å². The number of aliphatic hydroxyl groups is 1. The fourth-order valence-corrected chi connectivity index (χ4v) is 1.91. The Labute approximate surface area is 104 Å². The molecular formula is C14H24N2O. The van der Waals surface area contributed by atoms with Crippen molar-refractivity contribution in [2.45, 2.75) is 25.8 Å². The summed E-state index contributed by atoms with van der Waals surface area (Å²) in [5, 5.41) is 9.06. The normalized spacial score (nSPS) is 11.0. The quantitative estimate of drug-likeness (QED) is 0.640. The van der Waals surface area contributed by atoms with Gasteiger partial charge in [0.15, 0.2) is 0 Å². The van der Waals surface area contributed by atoms with Gasteiger partial charge in [0.2, 0.25) is 0 Å². The van der Waals surface area contributed by atoms with E-state index in [1.54, 1.807) is 0 Å². The van der Waals surface area contributed by atoms with Crippen LogP contribution in [0.15, 0.2) is 30.3 Å². The van der Waals surface area contributed by atoms with Crippen molar-refractivity contribution in [2.24, 2.45) is 5.73 Å². The molecule has 0 heterocycles. The maximum atomic E-state index is 9.06. The molecule has 0 aliphatic rings. The second-order valence-electron chi connectivity index (χ2n) is 4.33. The molecule has 3 N–H and O–H groups in total. The third kappa shape index (κ3) is 6.41. The van der Waals surface area contributed by atoms with Crippen molar-refractivity contribution in [1.82, 2.24) is 4.90 Å². The van der Waals surface area contributed by atoms with Gasteiger partial charge < -0.3 is 10.8 Å². The first-order chi connectivity index (χ1) is 8.36. The molecule has 0 spiro atoms. The Morgan fingerprint density at radius 3 is 2.41 bits per heavy atom. The Morgan fingerprint density at radius 1 is 1.00 bits per heavy atom. The van der Waals surface area contributed by atoms with Crippen LogP contribution in [0.2, 0.25) is 0 Å². The van der Waals surface area contributed by atoms with Crippen LogP contribution in [0, 0.1) is 0 Å². The fourth-order valence-electron chi connectivity index (χ4n) is 1.91. The summed E-state index contributed by atoms with van der Waals surface area (Å²) in [7, 11) is 0. The molecule has 0 aromatic heterocycles. The SMILES string of the molecule is NCCCCCN(CCO)Cc1ccccc1. The zero-order chi connectivity index (χ0) is 12.3. The molecule has 96 valence electrons. The van der Waals surface area contributed by atoms with Crippen molar-refractivity contribution >= 4 is 0 Å². The van der Waals surface area contributed by atoms with Gasteiger partial charge in [0, 0.05) is 13.1 Å². The summed E-state index contributed by atoms with van der Waals surface area (Å²) in [4.78, 5) is 2.30. The average Bonchev–Trinajstić information content (AvgIpc) is 2.36. The number of nitrogens with two attached hydrogens (primary N) is 1. The van der Waals surface area contributed by atoms with Crippen LogP contribution in [0.1, 0.15) is 24.8 Å². The highest BCUT2D eigenvalue weighted by Gasteiger charge is 2.04. The molecule has 0 unspecified atom stereocenters. The lowest BCUT2D eigenvalue weighted by molar-refractivity contribution is 0.187. The molecule has 0 saturated heterocycles. The number of unbranched alkanes of at least 4 members (excludes halogenated alkanes) is 2. The van der Waals surface area contributed by atoms with Gasteiger partial charge in [0.05, 0.1) is 6.61 Å². The number of benzene rings is 1. The second kappa shape index (κ2) is 9.16. The highest BCUT2D eigenvalue weighted by molar-refractivity contribution is 5.14. The molecule has 0 radical (unpaired) electrons. The molecule has 1 aromatic rings. The van der Waals surface area contributed by atoms with Crippen LogP contribution in [0.3, 0.4) is 0 Å². The first-order valence-corrected chi connectivity index (χ1v) is 6.44. The first kappa shape index (κ1) is 14.2. The summed E-state index contributed by atoms with van der Waals surface area (Å²) in [5.74, 6) is 0. The second-order valence-corrected chi connectivity index (χ2v) is 4.33. The largest absolute Gasteiger partial charge is 0.395 e. The van der Waals surface area contributed by atoms with Gasteiger partial charge in [0.25, 0.3) is 0 Å². The van der Waals surface area contributed by atoms with E-state index in [-0.39, 0.29) is 6.61 Å². The average molecular weight is 236 g/mol. The minimum Gasteiger partial charge on any atom is -0.395 e. The molecule has 1 rings (SSSR count). The van der Waals surface area contributed by atoms with Gasteiger partial charge in [0.1, 0.15) is 0 Å². The Kier molecular flexibility index (Phi) is 7.63.